The van der Waals surface area contributed by atoms with Gasteiger partial charge in [-0.25, -0.2) is 5.43 Å². The van der Waals surface area contributed by atoms with Gasteiger partial charge in [0.05, 0.1) is 6.21 Å². The molecular formula is C24H26N4O4. The van der Waals surface area contributed by atoms with Gasteiger partial charge in [-0.15, -0.1) is 0 Å². The summed E-state index contributed by atoms with van der Waals surface area (Å²) >= 11 is 0. The molecule has 2 heterocycles. The van der Waals surface area contributed by atoms with Crippen molar-refractivity contribution in [3.8, 4) is 11.5 Å². The van der Waals surface area contributed by atoms with Gasteiger partial charge in [0.2, 0.25) is 6.79 Å². The number of carbonyl (C=O) groups excluding carboxylic acids is 2. The van der Waals surface area contributed by atoms with Gasteiger partial charge in [0.25, 0.3) is 11.8 Å². The van der Waals surface area contributed by atoms with Gasteiger partial charge in [-0.05, 0) is 37.1 Å². The van der Waals surface area contributed by atoms with Crippen molar-refractivity contribution in [1.29, 1.82) is 0 Å². The van der Waals surface area contributed by atoms with Crippen LogP contribution in [-0.2, 0) is 11.8 Å². The number of carbonyl (C=O) groups is 2. The van der Waals surface area contributed by atoms with Gasteiger partial charge in [-0.1, -0.05) is 32.0 Å². The number of rotatable bonds is 6. The monoisotopic (exact) mass is 434 g/mol. The van der Waals surface area contributed by atoms with Crippen LogP contribution in [0.15, 0.2) is 47.6 Å². The molecule has 0 aliphatic carbocycles. The van der Waals surface area contributed by atoms with E-state index in [1.807, 2.05) is 52.1 Å². The van der Waals surface area contributed by atoms with Crippen LogP contribution in [0.2, 0.25) is 0 Å². The first kappa shape index (κ1) is 21.4. The summed E-state index contributed by atoms with van der Waals surface area (Å²) in [5.74, 6) is 0.215. The van der Waals surface area contributed by atoms with Gasteiger partial charge in [0.15, 0.2) is 11.5 Å². The summed E-state index contributed by atoms with van der Waals surface area (Å²) in [7, 11) is 1.99. The van der Waals surface area contributed by atoms with E-state index in [9.17, 15) is 9.59 Å². The Morgan fingerprint density at radius 3 is 2.66 bits per heavy atom. The summed E-state index contributed by atoms with van der Waals surface area (Å²) in [6.45, 7) is 5.86. The van der Waals surface area contributed by atoms with Crippen molar-refractivity contribution < 1.29 is 19.1 Å². The normalized spacial score (nSPS) is 13.7. The van der Waals surface area contributed by atoms with Crippen molar-refractivity contribution in [1.82, 2.24) is 15.3 Å². The SMILES string of the molecule is Cc1c(C=NNC(=O)[C@@H](NC(=O)c2ccc3c(c2)OCO3)C(C)C)c2ccccc2n1C. The predicted octanol–water partition coefficient (Wildman–Crippen LogP) is 3.12. The molecule has 32 heavy (non-hydrogen) atoms. The zero-order valence-electron chi connectivity index (χ0n) is 18.5. The number of benzene rings is 2. The van der Waals surface area contributed by atoms with Crippen LogP contribution in [0.3, 0.4) is 0 Å². The number of hydrogen-bond acceptors (Lipinski definition) is 5. The fourth-order valence-corrected chi connectivity index (χ4v) is 3.74. The van der Waals surface area contributed by atoms with Crippen molar-refractivity contribution in [2.45, 2.75) is 26.8 Å². The molecule has 1 aliphatic rings. The Morgan fingerprint density at radius 2 is 1.88 bits per heavy atom. The number of fused-ring (bicyclic) bond motifs is 2. The van der Waals surface area contributed by atoms with E-state index >= 15 is 0 Å². The molecule has 0 fully saturated rings. The van der Waals surface area contributed by atoms with Crippen molar-refractivity contribution in [3.05, 3.63) is 59.3 Å². The summed E-state index contributed by atoms with van der Waals surface area (Å²) in [5, 5.41) is 8.02. The van der Waals surface area contributed by atoms with E-state index < -0.39 is 6.04 Å². The molecule has 1 atom stereocenters. The van der Waals surface area contributed by atoms with Crippen LogP contribution in [0.5, 0.6) is 11.5 Å². The summed E-state index contributed by atoms with van der Waals surface area (Å²) in [6.07, 6.45) is 1.65. The molecule has 0 unspecified atom stereocenters. The molecule has 8 heteroatoms. The average molecular weight is 434 g/mol. The van der Waals surface area contributed by atoms with E-state index in [0.717, 1.165) is 22.2 Å². The first-order valence-corrected chi connectivity index (χ1v) is 10.4. The fraction of sp³-hybridized carbons (Fsp3) is 0.292. The smallest absolute Gasteiger partial charge is 0.262 e. The van der Waals surface area contributed by atoms with Gasteiger partial charge in [-0.2, -0.15) is 5.10 Å². The molecule has 0 bridgehead atoms. The number of aryl methyl sites for hydroxylation is 1. The van der Waals surface area contributed by atoms with Crippen molar-refractivity contribution in [2.75, 3.05) is 6.79 Å². The number of nitrogens with one attached hydrogen (secondary N) is 2. The van der Waals surface area contributed by atoms with Crippen LogP contribution in [0.25, 0.3) is 10.9 Å². The lowest BCUT2D eigenvalue weighted by atomic mass is 10.0. The van der Waals surface area contributed by atoms with Crippen LogP contribution in [0.1, 0.15) is 35.5 Å². The number of hydrazone groups is 1. The van der Waals surface area contributed by atoms with Crippen LogP contribution in [0.4, 0.5) is 0 Å². The maximum atomic E-state index is 12.8. The number of para-hydroxylation sites is 1. The number of hydrogen-bond donors (Lipinski definition) is 2. The van der Waals surface area contributed by atoms with E-state index in [-0.39, 0.29) is 24.5 Å². The minimum Gasteiger partial charge on any atom is -0.454 e. The summed E-state index contributed by atoms with van der Waals surface area (Å²) < 4.78 is 12.7. The highest BCUT2D eigenvalue weighted by atomic mass is 16.7. The van der Waals surface area contributed by atoms with Crippen LogP contribution in [-0.4, -0.2) is 35.4 Å². The van der Waals surface area contributed by atoms with Crippen molar-refractivity contribution >= 4 is 28.9 Å². The highest BCUT2D eigenvalue weighted by Gasteiger charge is 2.25. The Balaban J connectivity index is 1.46. The summed E-state index contributed by atoms with van der Waals surface area (Å²) in [5.41, 5.74) is 6.04. The third-order valence-electron chi connectivity index (χ3n) is 5.69. The third-order valence-corrected chi connectivity index (χ3v) is 5.69. The van der Waals surface area contributed by atoms with Gasteiger partial charge in [0, 0.05) is 34.8 Å². The number of amides is 2. The summed E-state index contributed by atoms with van der Waals surface area (Å²) in [4.78, 5) is 25.5. The Kier molecular flexibility index (Phi) is 5.85. The quantitative estimate of drug-likeness (QED) is 0.460. The fourth-order valence-electron chi connectivity index (χ4n) is 3.74. The Hall–Kier alpha value is -3.81. The Bertz CT molecular complexity index is 1210. The number of aromatic nitrogens is 1. The number of ether oxygens (including phenoxy) is 2. The molecule has 0 spiro atoms. The lowest BCUT2D eigenvalue weighted by Crippen LogP contribution is -2.48. The second kappa shape index (κ2) is 8.74. The molecule has 0 saturated carbocycles. The topological polar surface area (TPSA) is 94.0 Å². The minimum atomic E-state index is -0.751. The highest BCUT2D eigenvalue weighted by molar-refractivity contribution is 6.02. The maximum absolute atomic E-state index is 12.8. The minimum absolute atomic E-state index is 0.131. The molecule has 0 saturated heterocycles. The van der Waals surface area contributed by atoms with E-state index in [2.05, 4.69) is 20.4 Å². The molecule has 4 rings (SSSR count). The van der Waals surface area contributed by atoms with Gasteiger partial charge in [0.1, 0.15) is 6.04 Å². The molecule has 2 amide bonds. The van der Waals surface area contributed by atoms with Gasteiger partial charge in [-0.3, -0.25) is 9.59 Å². The third kappa shape index (κ3) is 4.03. The highest BCUT2D eigenvalue weighted by Crippen LogP contribution is 2.32. The second-order valence-electron chi connectivity index (χ2n) is 8.07. The lowest BCUT2D eigenvalue weighted by Gasteiger charge is -2.20. The van der Waals surface area contributed by atoms with Crippen molar-refractivity contribution in [2.24, 2.45) is 18.1 Å². The van der Waals surface area contributed by atoms with Crippen LogP contribution >= 0.6 is 0 Å². The molecule has 8 nitrogen and oxygen atoms in total. The van der Waals surface area contributed by atoms with Crippen LogP contribution < -0.4 is 20.2 Å². The first-order valence-electron chi connectivity index (χ1n) is 10.4. The second-order valence-corrected chi connectivity index (χ2v) is 8.07. The molecule has 2 N–H and O–H groups in total. The largest absolute Gasteiger partial charge is 0.454 e. The number of nitrogens with zero attached hydrogens (tertiary/aromatic N) is 2. The van der Waals surface area contributed by atoms with E-state index in [1.165, 1.54) is 0 Å². The zero-order valence-corrected chi connectivity index (χ0v) is 18.5. The molecular weight excluding hydrogens is 408 g/mol. The average Bonchev–Trinajstić information content (AvgIpc) is 3.35. The summed E-state index contributed by atoms with van der Waals surface area (Å²) in [6, 6.07) is 12.2. The Morgan fingerprint density at radius 1 is 1.12 bits per heavy atom. The standard InChI is InChI=1S/C24H26N4O4/c1-14(2)22(26-23(29)16-9-10-20-21(11-16)32-13-31-20)24(30)27-25-12-18-15(3)28(4)19-8-6-5-7-17(18)19/h5-12,14,22H,13H2,1-4H3,(H,26,29)(H,27,30)/t22-/m0/s1. The van der Waals surface area contributed by atoms with Crippen LogP contribution in [0, 0.1) is 12.8 Å². The maximum Gasteiger partial charge on any atom is 0.262 e. The molecule has 166 valence electrons. The zero-order chi connectivity index (χ0) is 22.8. The van der Waals surface area contributed by atoms with Gasteiger partial charge < -0.3 is 19.4 Å². The van der Waals surface area contributed by atoms with E-state index in [1.54, 1.807) is 24.4 Å². The van der Waals surface area contributed by atoms with Gasteiger partial charge >= 0.3 is 0 Å². The lowest BCUT2D eigenvalue weighted by molar-refractivity contribution is -0.123. The van der Waals surface area contributed by atoms with E-state index in [0.29, 0.717) is 17.1 Å². The van der Waals surface area contributed by atoms with Crippen molar-refractivity contribution in [3.63, 3.8) is 0 Å². The predicted molar refractivity (Wildman–Crippen MR) is 122 cm³/mol. The molecule has 2 aromatic carbocycles. The molecule has 3 aromatic rings. The Labute approximate surface area is 186 Å². The van der Waals surface area contributed by atoms with E-state index in [4.69, 9.17) is 9.47 Å². The first-order chi connectivity index (χ1) is 15.4. The molecule has 1 aliphatic heterocycles. The molecule has 1 aromatic heterocycles. The molecule has 0 radical (unpaired) electrons.